The first-order chi connectivity index (χ1) is 8.52. The summed E-state index contributed by atoms with van der Waals surface area (Å²) in [5.74, 6) is 0. The van der Waals surface area contributed by atoms with Gasteiger partial charge in [0.1, 0.15) is 0 Å². The summed E-state index contributed by atoms with van der Waals surface area (Å²) in [6.45, 7) is 7.04. The molecule has 1 aliphatic heterocycles. The number of halogens is 1. The first-order valence-electron chi connectivity index (χ1n) is 6.35. The average Bonchev–Trinajstić information content (AvgIpc) is 2.31. The number of nitrogens with zero attached hydrogens (tertiary/aromatic N) is 1. The number of aliphatic hydroxyl groups is 1. The Kier molecular flexibility index (Phi) is 4.28. The third-order valence-electron chi connectivity index (χ3n) is 3.47. The van der Waals surface area contributed by atoms with Gasteiger partial charge in [-0.05, 0) is 25.5 Å². The number of hydrogen-bond acceptors (Lipinski definition) is 3. The molecule has 1 saturated heterocycles. The molecule has 1 aliphatic rings. The fourth-order valence-corrected chi connectivity index (χ4v) is 2.62. The van der Waals surface area contributed by atoms with E-state index in [-0.39, 0.29) is 18.2 Å². The van der Waals surface area contributed by atoms with Gasteiger partial charge < -0.3 is 10.4 Å². The van der Waals surface area contributed by atoms with E-state index in [4.69, 9.17) is 11.6 Å². The molecule has 2 rings (SSSR count). The molecule has 4 heteroatoms. The highest BCUT2D eigenvalue weighted by Crippen LogP contribution is 2.22. The maximum atomic E-state index is 9.46. The van der Waals surface area contributed by atoms with E-state index >= 15 is 0 Å². The molecule has 1 aromatic rings. The highest BCUT2D eigenvalue weighted by molar-refractivity contribution is 6.31. The zero-order valence-electron chi connectivity index (χ0n) is 11.0. The third kappa shape index (κ3) is 3.23. The summed E-state index contributed by atoms with van der Waals surface area (Å²) in [6, 6.07) is 8.07. The van der Waals surface area contributed by atoms with E-state index in [2.05, 4.69) is 24.1 Å². The fraction of sp³-hybridized carbons (Fsp3) is 0.571. The second kappa shape index (κ2) is 5.57. The molecule has 18 heavy (non-hydrogen) atoms. The van der Waals surface area contributed by atoms with Crippen molar-refractivity contribution in [1.82, 2.24) is 10.2 Å². The molecular formula is C14H21ClN2O. The van der Waals surface area contributed by atoms with Crippen molar-refractivity contribution in [2.24, 2.45) is 0 Å². The summed E-state index contributed by atoms with van der Waals surface area (Å²) in [5.41, 5.74) is 1.20. The van der Waals surface area contributed by atoms with Gasteiger partial charge in [-0.2, -0.15) is 0 Å². The molecule has 1 heterocycles. The second-order valence-corrected chi connectivity index (χ2v) is 6.00. The van der Waals surface area contributed by atoms with Crippen molar-refractivity contribution in [2.45, 2.75) is 32.0 Å². The van der Waals surface area contributed by atoms with Crippen LogP contribution in [0.1, 0.15) is 19.4 Å². The minimum atomic E-state index is 0.0763. The van der Waals surface area contributed by atoms with E-state index in [0.717, 1.165) is 30.2 Å². The van der Waals surface area contributed by atoms with Gasteiger partial charge in [0.25, 0.3) is 0 Å². The largest absolute Gasteiger partial charge is 0.395 e. The molecule has 0 aliphatic carbocycles. The summed E-state index contributed by atoms with van der Waals surface area (Å²) in [4.78, 5) is 2.30. The van der Waals surface area contributed by atoms with Gasteiger partial charge in [-0.1, -0.05) is 29.8 Å². The van der Waals surface area contributed by atoms with Crippen LogP contribution in [-0.2, 0) is 6.54 Å². The van der Waals surface area contributed by atoms with Crippen LogP contribution in [0, 0.1) is 0 Å². The molecule has 0 amide bonds. The van der Waals surface area contributed by atoms with Crippen molar-refractivity contribution < 1.29 is 5.11 Å². The van der Waals surface area contributed by atoms with Crippen LogP contribution in [0.25, 0.3) is 0 Å². The topological polar surface area (TPSA) is 35.5 Å². The Balaban J connectivity index is 2.12. The molecule has 1 unspecified atom stereocenters. The Morgan fingerprint density at radius 3 is 2.83 bits per heavy atom. The van der Waals surface area contributed by atoms with Crippen molar-refractivity contribution in [3.8, 4) is 0 Å². The number of benzene rings is 1. The number of rotatable bonds is 3. The average molecular weight is 269 g/mol. The Hall–Kier alpha value is -0.610. The summed E-state index contributed by atoms with van der Waals surface area (Å²) < 4.78 is 0. The number of piperazine rings is 1. The lowest BCUT2D eigenvalue weighted by atomic mass is 9.98. The standard InChI is InChI=1S/C14H21ClN2O/c1-14(2)10-17(12(9-18)7-16-14)8-11-5-3-4-6-13(11)15/h3-6,12,16,18H,7-10H2,1-2H3. The van der Waals surface area contributed by atoms with Gasteiger partial charge in [-0.25, -0.2) is 0 Å². The predicted molar refractivity (Wildman–Crippen MR) is 74.8 cm³/mol. The van der Waals surface area contributed by atoms with Crippen LogP contribution >= 0.6 is 11.6 Å². The second-order valence-electron chi connectivity index (χ2n) is 5.60. The Morgan fingerprint density at radius 1 is 1.44 bits per heavy atom. The smallest absolute Gasteiger partial charge is 0.0599 e. The minimum Gasteiger partial charge on any atom is -0.395 e. The molecule has 0 bridgehead atoms. The molecule has 1 atom stereocenters. The summed E-state index contributed by atoms with van der Waals surface area (Å²) >= 11 is 6.20. The molecule has 1 aromatic carbocycles. The molecule has 0 saturated carbocycles. The minimum absolute atomic E-state index is 0.0763. The van der Waals surface area contributed by atoms with Gasteiger partial charge in [0.2, 0.25) is 0 Å². The van der Waals surface area contributed by atoms with Crippen LogP contribution in [0.4, 0.5) is 0 Å². The van der Waals surface area contributed by atoms with Crippen molar-refractivity contribution in [1.29, 1.82) is 0 Å². The number of hydrogen-bond donors (Lipinski definition) is 2. The zero-order valence-corrected chi connectivity index (χ0v) is 11.7. The van der Waals surface area contributed by atoms with Crippen LogP contribution in [0.15, 0.2) is 24.3 Å². The number of aliphatic hydroxyl groups excluding tert-OH is 1. The monoisotopic (exact) mass is 268 g/mol. The van der Waals surface area contributed by atoms with E-state index in [1.54, 1.807) is 0 Å². The van der Waals surface area contributed by atoms with Gasteiger partial charge in [-0.15, -0.1) is 0 Å². The predicted octanol–water partition coefficient (Wildman–Crippen LogP) is 1.88. The highest BCUT2D eigenvalue weighted by atomic mass is 35.5. The van der Waals surface area contributed by atoms with Crippen LogP contribution in [0.2, 0.25) is 5.02 Å². The van der Waals surface area contributed by atoms with Crippen molar-refractivity contribution in [3.05, 3.63) is 34.9 Å². The van der Waals surface area contributed by atoms with Crippen LogP contribution in [0.5, 0.6) is 0 Å². The van der Waals surface area contributed by atoms with Crippen molar-refractivity contribution in [3.63, 3.8) is 0 Å². The van der Waals surface area contributed by atoms with Crippen LogP contribution < -0.4 is 5.32 Å². The molecule has 0 aromatic heterocycles. The summed E-state index contributed by atoms with van der Waals surface area (Å²) in [5, 5.41) is 13.7. The molecule has 100 valence electrons. The maximum absolute atomic E-state index is 9.46. The molecular weight excluding hydrogens is 248 g/mol. The Labute approximate surface area is 114 Å². The van der Waals surface area contributed by atoms with E-state index < -0.39 is 0 Å². The van der Waals surface area contributed by atoms with E-state index in [0.29, 0.717) is 0 Å². The summed E-state index contributed by atoms with van der Waals surface area (Å²) in [7, 11) is 0. The SMILES string of the molecule is CC1(C)CN(Cc2ccccc2Cl)C(CO)CN1. The molecule has 2 N–H and O–H groups in total. The van der Waals surface area contributed by atoms with E-state index in [1.807, 2.05) is 24.3 Å². The van der Waals surface area contributed by atoms with Gasteiger partial charge in [-0.3, -0.25) is 4.90 Å². The zero-order chi connectivity index (χ0) is 13.2. The Bertz CT molecular complexity index is 409. The lowest BCUT2D eigenvalue weighted by Crippen LogP contribution is -2.62. The molecule has 0 radical (unpaired) electrons. The first kappa shape index (κ1) is 13.8. The molecule has 0 spiro atoms. The van der Waals surface area contributed by atoms with E-state index in [9.17, 15) is 5.11 Å². The van der Waals surface area contributed by atoms with Gasteiger partial charge >= 0.3 is 0 Å². The van der Waals surface area contributed by atoms with Crippen LogP contribution in [0.3, 0.4) is 0 Å². The van der Waals surface area contributed by atoms with Gasteiger partial charge in [0.05, 0.1) is 6.61 Å². The summed E-state index contributed by atoms with van der Waals surface area (Å²) in [6.07, 6.45) is 0. The molecule has 1 fully saturated rings. The highest BCUT2D eigenvalue weighted by Gasteiger charge is 2.32. The van der Waals surface area contributed by atoms with E-state index in [1.165, 1.54) is 0 Å². The lowest BCUT2D eigenvalue weighted by molar-refractivity contribution is 0.0513. The third-order valence-corrected chi connectivity index (χ3v) is 3.84. The van der Waals surface area contributed by atoms with Crippen LogP contribution in [-0.4, -0.2) is 41.3 Å². The fourth-order valence-electron chi connectivity index (χ4n) is 2.43. The quantitative estimate of drug-likeness (QED) is 0.879. The maximum Gasteiger partial charge on any atom is 0.0599 e. The lowest BCUT2D eigenvalue weighted by Gasteiger charge is -2.44. The van der Waals surface area contributed by atoms with Crippen molar-refractivity contribution in [2.75, 3.05) is 19.7 Å². The normalized spacial score (nSPS) is 24.1. The Morgan fingerprint density at radius 2 is 2.17 bits per heavy atom. The van der Waals surface area contributed by atoms with Crippen molar-refractivity contribution >= 4 is 11.6 Å². The van der Waals surface area contributed by atoms with Gasteiger partial charge in [0.15, 0.2) is 0 Å². The number of nitrogens with one attached hydrogen (secondary N) is 1. The first-order valence-corrected chi connectivity index (χ1v) is 6.73. The van der Waals surface area contributed by atoms with Gasteiger partial charge in [0, 0.05) is 36.2 Å². The molecule has 3 nitrogen and oxygen atoms in total.